The maximum atomic E-state index is 12.3. The summed E-state index contributed by atoms with van der Waals surface area (Å²) in [4.78, 5) is 36.4. The summed E-state index contributed by atoms with van der Waals surface area (Å²) in [5, 5.41) is 10.8. The Kier molecular flexibility index (Phi) is 5.62. The molecule has 1 aliphatic rings. The van der Waals surface area contributed by atoms with Gasteiger partial charge in [0.2, 0.25) is 0 Å². The van der Waals surface area contributed by atoms with Crippen LogP contribution in [0, 0.1) is 10.1 Å². The third-order valence-electron chi connectivity index (χ3n) is 4.33. The summed E-state index contributed by atoms with van der Waals surface area (Å²) in [5.74, 6) is -0.975. The van der Waals surface area contributed by atoms with Gasteiger partial charge in [0.1, 0.15) is 0 Å². The zero-order valence-electron chi connectivity index (χ0n) is 14.1. The highest BCUT2D eigenvalue weighted by Crippen LogP contribution is 2.28. The minimum Gasteiger partial charge on any atom is -0.267 e. The fourth-order valence-electron chi connectivity index (χ4n) is 2.96. The smallest absolute Gasteiger partial charge is 0.267 e. The highest BCUT2D eigenvalue weighted by molar-refractivity contribution is 7.14. The first-order valence-electron chi connectivity index (χ1n) is 8.51. The molecule has 2 aromatic rings. The molecule has 1 aliphatic carbocycles. The van der Waals surface area contributed by atoms with Crippen molar-refractivity contribution < 1.29 is 14.5 Å². The molecule has 3 rings (SSSR count). The number of nitro benzene ring substituents is 1. The Morgan fingerprint density at radius 1 is 1.00 bits per heavy atom. The molecule has 136 valence electrons. The largest absolute Gasteiger partial charge is 0.279 e. The minimum atomic E-state index is -0.600. The molecule has 1 heterocycles. The Bertz CT molecular complexity index is 821. The number of hydrogen-bond acceptors (Lipinski definition) is 5. The van der Waals surface area contributed by atoms with Gasteiger partial charge >= 0.3 is 0 Å². The van der Waals surface area contributed by atoms with Crippen molar-refractivity contribution in [3.63, 3.8) is 0 Å². The number of carbonyl (C=O) groups excluding carboxylic acids is 2. The average molecular weight is 373 g/mol. The zero-order chi connectivity index (χ0) is 18.5. The lowest BCUT2D eigenvalue weighted by Crippen LogP contribution is -2.41. The van der Waals surface area contributed by atoms with Crippen LogP contribution in [0.1, 0.15) is 56.2 Å². The van der Waals surface area contributed by atoms with Crippen molar-refractivity contribution >= 4 is 28.8 Å². The lowest BCUT2D eigenvalue weighted by atomic mass is 10.00. The van der Waals surface area contributed by atoms with Crippen LogP contribution in [0.25, 0.3) is 0 Å². The molecule has 0 radical (unpaired) electrons. The molecule has 0 saturated heterocycles. The third kappa shape index (κ3) is 4.26. The summed E-state index contributed by atoms with van der Waals surface area (Å²) in [6.45, 7) is 0. The van der Waals surface area contributed by atoms with Crippen molar-refractivity contribution in [1.29, 1.82) is 0 Å². The molecule has 2 N–H and O–H groups in total. The van der Waals surface area contributed by atoms with E-state index in [-0.39, 0.29) is 17.2 Å². The number of fused-ring (bicyclic) bond motifs is 1. The van der Waals surface area contributed by atoms with E-state index in [9.17, 15) is 19.7 Å². The van der Waals surface area contributed by atoms with Gasteiger partial charge in [0.15, 0.2) is 0 Å². The van der Waals surface area contributed by atoms with Crippen molar-refractivity contribution in [2.45, 2.75) is 38.5 Å². The number of amides is 2. The van der Waals surface area contributed by atoms with Crippen LogP contribution in [0.5, 0.6) is 0 Å². The van der Waals surface area contributed by atoms with Gasteiger partial charge in [-0.25, -0.2) is 0 Å². The Balaban J connectivity index is 1.63. The number of nitrogens with one attached hydrogen (secondary N) is 2. The van der Waals surface area contributed by atoms with E-state index in [1.165, 1.54) is 58.9 Å². The normalized spacial score (nSPS) is 13.8. The molecule has 1 aromatic carbocycles. The minimum absolute atomic E-state index is 0.109. The molecule has 0 spiro atoms. The summed E-state index contributed by atoms with van der Waals surface area (Å²) >= 11 is 1.47. The SMILES string of the molecule is O=C(NNC(=O)c1cc2c(s1)CCCCCC2)c1cccc([N+](=O)[O-])c1. The number of carbonyl (C=O) groups is 2. The predicted octanol–water partition coefficient (Wildman–Crippen LogP) is 3.39. The van der Waals surface area contributed by atoms with Gasteiger partial charge in [-0.3, -0.25) is 30.6 Å². The van der Waals surface area contributed by atoms with Gasteiger partial charge in [0.05, 0.1) is 9.80 Å². The van der Waals surface area contributed by atoms with Crippen LogP contribution in [0.3, 0.4) is 0 Å². The summed E-state index contributed by atoms with van der Waals surface area (Å²) in [6.07, 6.45) is 6.69. The van der Waals surface area contributed by atoms with Crippen LogP contribution in [0.2, 0.25) is 0 Å². The van der Waals surface area contributed by atoms with E-state index in [1.54, 1.807) is 0 Å². The van der Waals surface area contributed by atoms with Crippen molar-refractivity contribution in [1.82, 2.24) is 10.9 Å². The first-order valence-corrected chi connectivity index (χ1v) is 9.33. The van der Waals surface area contributed by atoms with E-state index in [0.29, 0.717) is 4.88 Å². The second-order valence-corrected chi connectivity index (χ2v) is 7.33. The number of non-ortho nitro benzene ring substituents is 1. The maximum Gasteiger partial charge on any atom is 0.279 e. The van der Waals surface area contributed by atoms with Crippen LogP contribution in [0.4, 0.5) is 5.69 Å². The Morgan fingerprint density at radius 2 is 1.73 bits per heavy atom. The van der Waals surface area contributed by atoms with Gasteiger partial charge in [-0.2, -0.15) is 0 Å². The molecule has 0 fully saturated rings. The highest BCUT2D eigenvalue weighted by atomic mass is 32.1. The van der Waals surface area contributed by atoms with Crippen molar-refractivity contribution in [2.75, 3.05) is 0 Å². The lowest BCUT2D eigenvalue weighted by Gasteiger charge is -2.07. The van der Waals surface area contributed by atoms with Crippen LogP contribution in [-0.2, 0) is 12.8 Å². The van der Waals surface area contributed by atoms with Gasteiger partial charge in [0.25, 0.3) is 17.5 Å². The van der Waals surface area contributed by atoms with Gasteiger partial charge in [-0.15, -0.1) is 11.3 Å². The fourth-order valence-corrected chi connectivity index (χ4v) is 4.11. The molecule has 0 unspecified atom stereocenters. The molecule has 2 amide bonds. The summed E-state index contributed by atoms with van der Waals surface area (Å²) < 4.78 is 0. The molecule has 0 atom stereocenters. The second-order valence-electron chi connectivity index (χ2n) is 6.19. The summed E-state index contributed by atoms with van der Waals surface area (Å²) in [6, 6.07) is 7.24. The molecule has 0 bridgehead atoms. The van der Waals surface area contributed by atoms with Crippen LogP contribution >= 0.6 is 11.3 Å². The molecule has 0 saturated carbocycles. The number of hydrogen-bond donors (Lipinski definition) is 2. The van der Waals surface area contributed by atoms with Crippen LogP contribution < -0.4 is 10.9 Å². The molecule has 7 nitrogen and oxygen atoms in total. The number of thiophene rings is 1. The van der Waals surface area contributed by atoms with Crippen molar-refractivity contribution in [3.05, 3.63) is 61.3 Å². The molecule has 1 aromatic heterocycles. The number of nitrogens with zero attached hydrogens (tertiary/aromatic N) is 1. The summed E-state index contributed by atoms with van der Waals surface area (Å²) in [5.41, 5.74) is 5.86. The monoisotopic (exact) mass is 373 g/mol. The van der Waals surface area contributed by atoms with Crippen molar-refractivity contribution in [3.8, 4) is 0 Å². The molecule has 8 heteroatoms. The lowest BCUT2D eigenvalue weighted by molar-refractivity contribution is -0.384. The van der Waals surface area contributed by atoms with Gasteiger partial charge < -0.3 is 0 Å². The number of benzene rings is 1. The average Bonchev–Trinajstić information content (AvgIpc) is 3.01. The van der Waals surface area contributed by atoms with Crippen molar-refractivity contribution in [2.24, 2.45) is 0 Å². The number of rotatable bonds is 3. The van der Waals surface area contributed by atoms with E-state index in [0.717, 1.165) is 25.7 Å². The maximum absolute atomic E-state index is 12.3. The fraction of sp³-hybridized carbons (Fsp3) is 0.333. The van der Waals surface area contributed by atoms with E-state index in [4.69, 9.17) is 0 Å². The first kappa shape index (κ1) is 18.1. The first-order chi connectivity index (χ1) is 12.5. The molecular weight excluding hydrogens is 354 g/mol. The molecule has 26 heavy (non-hydrogen) atoms. The predicted molar refractivity (Wildman–Crippen MR) is 98.2 cm³/mol. The topological polar surface area (TPSA) is 101 Å². The zero-order valence-corrected chi connectivity index (χ0v) is 14.9. The van der Waals surface area contributed by atoms with Crippen LogP contribution in [-0.4, -0.2) is 16.7 Å². The number of nitro groups is 1. The second kappa shape index (κ2) is 8.09. The third-order valence-corrected chi connectivity index (χ3v) is 5.56. The number of aryl methyl sites for hydroxylation is 2. The number of hydrazine groups is 1. The highest BCUT2D eigenvalue weighted by Gasteiger charge is 2.17. The summed E-state index contributed by atoms with van der Waals surface area (Å²) in [7, 11) is 0. The van der Waals surface area contributed by atoms with E-state index >= 15 is 0 Å². The Labute approximate surface area is 154 Å². The van der Waals surface area contributed by atoms with E-state index < -0.39 is 10.8 Å². The quantitative estimate of drug-likeness (QED) is 0.636. The van der Waals surface area contributed by atoms with Crippen LogP contribution in [0.15, 0.2) is 30.3 Å². The van der Waals surface area contributed by atoms with Gasteiger partial charge in [-0.1, -0.05) is 18.9 Å². The Morgan fingerprint density at radius 3 is 2.50 bits per heavy atom. The van der Waals surface area contributed by atoms with E-state index in [1.807, 2.05) is 6.07 Å². The van der Waals surface area contributed by atoms with E-state index in [2.05, 4.69) is 10.9 Å². The molecule has 0 aliphatic heterocycles. The molecular formula is C18H19N3O4S. The Hall–Kier alpha value is -2.74. The van der Waals surface area contributed by atoms with Gasteiger partial charge in [-0.05, 0) is 43.4 Å². The standard InChI is InChI=1S/C18H19N3O4S/c22-17(13-7-5-8-14(10-13)21(24)25)19-20-18(23)16-11-12-6-3-1-2-4-9-15(12)26-16/h5,7-8,10-11H,1-4,6,9H2,(H,19,22)(H,20,23). The van der Waals surface area contributed by atoms with Gasteiger partial charge in [0, 0.05) is 22.6 Å².